The number of hydrogen-bond donors (Lipinski definition) is 0. The van der Waals surface area contributed by atoms with E-state index in [0.29, 0.717) is 37.4 Å². The van der Waals surface area contributed by atoms with Crippen LogP contribution in [0.2, 0.25) is 0 Å². The van der Waals surface area contributed by atoms with E-state index in [1.165, 1.54) is 29.2 Å². The third kappa shape index (κ3) is 3.49. The van der Waals surface area contributed by atoms with Gasteiger partial charge in [-0.25, -0.2) is 17.9 Å². The van der Waals surface area contributed by atoms with E-state index in [4.69, 9.17) is 0 Å². The van der Waals surface area contributed by atoms with Gasteiger partial charge in [0.2, 0.25) is 0 Å². The highest BCUT2D eigenvalue weighted by molar-refractivity contribution is 5.80. The van der Waals surface area contributed by atoms with Crippen LogP contribution in [0.25, 0.3) is 5.69 Å². The molecule has 0 radical (unpaired) electrons. The van der Waals surface area contributed by atoms with E-state index < -0.39 is 17.3 Å². The molecule has 1 aromatic heterocycles. The molecule has 8 heteroatoms. The van der Waals surface area contributed by atoms with Crippen LogP contribution in [0.5, 0.6) is 0 Å². The van der Waals surface area contributed by atoms with Gasteiger partial charge in [0, 0.05) is 19.3 Å². The molecule has 0 bridgehead atoms. The first-order valence-corrected chi connectivity index (χ1v) is 8.45. The highest BCUT2D eigenvalue weighted by Gasteiger charge is 2.29. The second kappa shape index (κ2) is 6.26. The first-order valence-electron chi connectivity index (χ1n) is 8.45. The molecule has 1 aliphatic heterocycles. The molecule has 0 unspecified atom stereocenters. The summed E-state index contributed by atoms with van der Waals surface area (Å²) in [6.45, 7) is 1.74. The maximum absolute atomic E-state index is 13.7. The molecule has 136 valence electrons. The average molecular weight is 361 g/mol. The summed E-state index contributed by atoms with van der Waals surface area (Å²) < 4.78 is 42.1. The molecule has 0 saturated heterocycles. The van der Waals surface area contributed by atoms with Gasteiger partial charge in [0.1, 0.15) is 18.2 Å². The molecule has 26 heavy (non-hydrogen) atoms. The predicted octanol–water partition coefficient (Wildman–Crippen LogP) is 3.66. The first-order chi connectivity index (χ1) is 12.4. The Kier molecular flexibility index (Phi) is 4.05. The van der Waals surface area contributed by atoms with Gasteiger partial charge in [-0.05, 0) is 42.5 Å². The maximum atomic E-state index is 13.7. The third-order valence-electron chi connectivity index (χ3n) is 4.48. The largest absolute Gasteiger partial charge is 0.352 e. The summed E-state index contributed by atoms with van der Waals surface area (Å²) in [5.74, 6) is -3.59. The number of rotatable bonds is 5. The van der Waals surface area contributed by atoms with Crippen molar-refractivity contribution < 1.29 is 13.2 Å². The van der Waals surface area contributed by atoms with Crippen LogP contribution in [0.3, 0.4) is 0 Å². The molecule has 0 amide bonds. The molecular formula is C18H18F3N5. The third-order valence-corrected chi connectivity index (χ3v) is 4.48. The maximum Gasteiger partial charge on any atom is 0.273 e. The first kappa shape index (κ1) is 16.8. The van der Waals surface area contributed by atoms with Crippen LogP contribution in [-0.2, 0) is 12.5 Å². The Labute approximate surface area is 148 Å². The number of aliphatic imine (C=N–C) groups is 1. The van der Waals surface area contributed by atoms with Gasteiger partial charge in [-0.3, -0.25) is 4.99 Å². The van der Waals surface area contributed by atoms with Crippen LogP contribution in [-0.4, -0.2) is 32.8 Å². The lowest BCUT2D eigenvalue weighted by Crippen LogP contribution is -2.21. The van der Waals surface area contributed by atoms with Crippen molar-refractivity contribution in [2.45, 2.75) is 32.2 Å². The van der Waals surface area contributed by atoms with Crippen LogP contribution in [0.4, 0.5) is 13.2 Å². The molecule has 1 aliphatic carbocycles. The van der Waals surface area contributed by atoms with E-state index in [1.54, 1.807) is 6.20 Å². The van der Waals surface area contributed by atoms with Crippen molar-refractivity contribution in [2.24, 2.45) is 10.9 Å². The lowest BCUT2D eigenvalue weighted by atomic mass is 10.1. The number of halogens is 3. The number of hydrogen-bond acceptors (Lipinski definition) is 4. The van der Waals surface area contributed by atoms with Crippen LogP contribution in [0, 0.1) is 11.7 Å². The SMILES string of the molecule is CC(F)(F)c1cc(-n2cc(CN3C=C(C4CC4)C=NC3)nn2)ccc1F. The van der Waals surface area contributed by atoms with Gasteiger partial charge in [0.25, 0.3) is 5.92 Å². The highest BCUT2D eigenvalue weighted by atomic mass is 19.3. The van der Waals surface area contributed by atoms with Crippen LogP contribution in [0.1, 0.15) is 31.0 Å². The van der Waals surface area contributed by atoms with Crippen LogP contribution in [0.15, 0.2) is 41.2 Å². The van der Waals surface area contributed by atoms with Crippen molar-refractivity contribution in [3.8, 4) is 5.69 Å². The van der Waals surface area contributed by atoms with Crippen LogP contribution >= 0.6 is 0 Å². The van der Waals surface area contributed by atoms with Gasteiger partial charge in [0.15, 0.2) is 0 Å². The standard InChI is InChI=1S/C18H18F3N5/c1-18(20,21)16-6-15(4-5-17(16)19)26-10-14(23-24-26)9-25-8-13(7-22-11-25)12-2-3-12/h4-8,10,12H,2-3,9,11H2,1H3. The second-order valence-electron chi connectivity index (χ2n) is 6.81. The summed E-state index contributed by atoms with van der Waals surface area (Å²) in [4.78, 5) is 6.40. The summed E-state index contributed by atoms with van der Waals surface area (Å²) in [6, 6.07) is 3.52. The molecule has 2 aliphatic rings. The number of nitrogens with zero attached hydrogens (tertiary/aromatic N) is 5. The Morgan fingerprint density at radius 1 is 1.27 bits per heavy atom. The van der Waals surface area contributed by atoms with Gasteiger partial charge >= 0.3 is 0 Å². The zero-order chi connectivity index (χ0) is 18.3. The van der Waals surface area contributed by atoms with Gasteiger partial charge in [-0.2, -0.15) is 0 Å². The van der Waals surface area contributed by atoms with Crippen molar-refractivity contribution >= 4 is 6.21 Å². The van der Waals surface area contributed by atoms with Gasteiger partial charge in [-0.15, -0.1) is 5.10 Å². The molecule has 1 saturated carbocycles. The van der Waals surface area contributed by atoms with E-state index in [0.717, 1.165) is 12.1 Å². The molecule has 0 atom stereocenters. The minimum Gasteiger partial charge on any atom is -0.352 e. The Hall–Kier alpha value is -2.64. The van der Waals surface area contributed by atoms with E-state index in [-0.39, 0.29) is 0 Å². The highest BCUT2D eigenvalue weighted by Crippen LogP contribution is 2.36. The average Bonchev–Trinajstić information content (AvgIpc) is 3.35. The van der Waals surface area contributed by atoms with E-state index >= 15 is 0 Å². The molecule has 4 rings (SSSR count). The van der Waals surface area contributed by atoms with Gasteiger partial charge < -0.3 is 4.90 Å². The predicted molar refractivity (Wildman–Crippen MR) is 90.6 cm³/mol. The summed E-state index contributed by atoms with van der Waals surface area (Å²) in [6.07, 6.45) is 8.09. The smallest absolute Gasteiger partial charge is 0.273 e. The van der Waals surface area contributed by atoms with E-state index in [1.807, 2.05) is 11.1 Å². The van der Waals surface area contributed by atoms with Crippen molar-refractivity contribution in [1.82, 2.24) is 19.9 Å². The van der Waals surface area contributed by atoms with Crippen molar-refractivity contribution in [3.63, 3.8) is 0 Å². The quantitative estimate of drug-likeness (QED) is 0.817. The summed E-state index contributed by atoms with van der Waals surface area (Å²) >= 11 is 0. The van der Waals surface area contributed by atoms with Crippen molar-refractivity contribution in [2.75, 3.05) is 6.67 Å². The topological polar surface area (TPSA) is 46.3 Å². The van der Waals surface area contributed by atoms with E-state index in [2.05, 4.69) is 21.5 Å². The fourth-order valence-corrected chi connectivity index (χ4v) is 2.96. The molecule has 0 spiro atoms. The zero-order valence-corrected chi connectivity index (χ0v) is 14.2. The fraction of sp³-hybridized carbons (Fsp3) is 0.389. The second-order valence-corrected chi connectivity index (χ2v) is 6.81. The number of benzene rings is 1. The number of alkyl halides is 2. The monoisotopic (exact) mass is 361 g/mol. The molecule has 5 nitrogen and oxygen atoms in total. The van der Waals surface area contributed by atoms with Crippen molar-refractivity contribution in [1.29, 1.82) is 0 Å². The molecule has 0 N–H and O–H groups in total. The van der Waals surface area contributed by atoms with Gasteiger partial charge in [-0.1, -0.05) is 5.21 Å². The fourth-order valence-electron chi connectivity index (χ4n) is 2.96. The normalized spacial score (nSPS) is 17.5. The Morgan fingerprint density at radius 2 is 2.08 bits per heavy atom. The van der Waals surface area contributed by atoms with E-state index in [9.17, 15) is 13.2 Å². The minimum atomic E-state index is -3.26. The Bertz CT molecular complexity index is 877. The lowest BCUT2D eigenvalue weighted by Gasteiger charge is -2.21. The molecule has 1 fully saturated rings. The summed E-state index contributed by atoms with van der Waals surface area (Å²) in [7, 11) is 0. The van der Waals surface area contributed by atoms with Gasteiger partial charge in [0.05, 0.1) is 24.0 Å². The molecule has 2 heterocycles. The van der Waals surface area contributed by atoms with Crippen molar-refractivity contribution in [3.05, 3.63) is 53.2 Å². The molecular weight excluding hydrogens is 343 g/mol. The minimum absolute atomic E-state index is 0.340. The zero-order valence-electron chi connectivity index (χ0n) is 14.2. The Morgan fingerprint density at radius 3 is 2.81 bits per heavy atom. The Balaban J connectivity index is 1.52. The molecule has 1 aromatic carbocycles. The van der Waals surface area contributed by atoms with Crippen LogP contribution < -0.4 is 0 Å². The number of aromatic nitrogens is 3. The summed E-state index contributed by atoms with van der Waals surface area (Å²) in [5.41, 5.74) is 1.60. The summed E-state index contributed by atoms with van der Waals surface area (Å²) in [5, 5.41) is 8.08. The lowest BCUT2D eigenvalue weighted by molar-refractivity contribution is 0.0137. The number of allylic oxidation sites excluding steroid dienone is 1. The molecule has 2 aromatic rings.